The summed E-state index contributed by atoms with van der Waals surface area (Å²) in [7, 11) is 0. The molecular formula is C15H14FNOS2. The Balaban J connectivity index is 1.85. The van der Waals surface area contributed by atoms with E-state index < -0.39 is 0 Å². The summed E-state index contributed by atoms with van der Waals surface area (Å²) in [6.45, 7) is 2.81. The number of aryl methyl sites for hydroxylation is 1. The first-order valence-corrected chi connectivity index (χ1v) is 8.26. The van der Waals surface area contributed by atoms with Gasteiger partial charge in [-0.05, 0) is 43.3 Å². The standard InChI is InChI=1S/C15H14FNOS2/c1-10-2-7-13(20-10)15-17(8-9-19-15)14(18)11-3-5-12(16)6-4-11/h2-7,15H,8-9H2,1H3/t15-/m1/s1. The molecule has 1 aliphatic heterocycles. The van der Waals surface area contributed by atoms with E-state index in [0.29, 0.717) is 5.56 Å². The van der Waals surface area contributed by atoms with Crippen LogP contribution in [0.3, 0.4) is 0 Å². The molecule has 2 heterocycles. The van der Waals surface area contributed by atoms with Crippen LogP contribution in [-0.2, 0) is 0 Å². The Hall–Kier alpha value is -1.33. The van der Waals surface area contributed by atoms with Crippen molar-refractivity contribution in [2.45, 2.75) is 12.3 Å². The van der Waals surface area contributed by atoms with E-state index in [-0.39, 0.29) is 17.1 Å². The fourth-order valence-corrected chi connectivity index (χ4v) is 4.63. The number of thioether (sulfide) groups is 1. The molecule has 0 aliphatic carbocycles. The van der Waals surface area contributed by atoms with Gasteiger partial charge >= 0.3 is 0 Å². The summed E-state index contributed by atoms with van der Waals surface area (Å²) in [4.78, 5) is 16.9. The molecule has 1 fully saturated rings. The van der Waals surface area contributed by atoms with E-state index in [1.54, 1.807) is 35.2 Å². The number of thiophene rings is 1. The lowest BCUT2D eigenvalue weighted by Gasteiger charge is -2.23. The molecule has 1 amide bonds. The number of benzene rings is 1. The highest BCUT2D eigenvalue weighted by Crippen LogP contribution is 2.41. The van der Waals surface area contributed by atoms with Gasteiger partial charge in [-0.15, -0.1) is 23.1 Å². The highest BCUT2D eigenvalue weighted by atomic mass is 32.2. The maximum atomic E-state index is 12.9. The summed E-state index contributed by atoms with van der Waals surface area (Å²) in [6, 6.07) is 9.95. The van der Waals surface area contributed by atoms with Crippen molar-refractivity contribution in [3.63, 3.8) is 0 Å². The fourth-order valence-electron chi connectivity index (χ4n) is 2.26. The number of hydrogen-bond acceptors (Lipinski definition) is 3. The highest BCUT2D eigenvalue weighted by molar-refractivity contribution is 7.99. The first kappa shape index (κ1) is 13.6. The molecule has 0 unspecified atom stereocenters. The van der Waals surface area contributed by atoms with Gasteiger partial charge in [0.05, 0.1) is 0 Å². The molecule has 5 heteroatoms. The van der Waals surface area contributed by atoms with Gasteiger partial charge in [0.2, 0.25) is 0 Å². The van der Waals surface area contributed by atoms with Gasteiger partial charge in [0.1, 0.15) is 11.2 Å². The second kappa shape index (κ2) is 5.58. The van der Waals surface area contributed by atoms with Gasteiger partial charge in [0.25, 0.3) is 5.91 Å². The van der Waals surface area contributed by atoms with E-state index >= 15 is 0 Å². The zero-order valence-corrected chi connectivity index (χ0v) is 12.6. The van der Waals surface area contributed by atoms with Crippen LogP contribution in [-0.4, -0.2) is 23.1 Å². The van der Waals surface area contributed by atoms with Gasteiger partial charge in [0, 0.05) is 27.6 Å². The van der Waals surface area contributed by atoms with Crippen LogP contribution >= 0.6 is 23.1 Å². The Bertz CT molecular complexity index is 623. The first-order valence-electron chi connectivity index (χ1n) is 6.39. The quantitative estimate of drug-likeness (QED) is 0.833. The predicted molar refractivity (Wildman–Crippen MR) is 81.7 cm³/mol. The summed E-state index contributed by atoms with van der Waals surface area (Å²) >= 11 is 3.51. The molecule has 0 bridgehead atoms. The minimum Gasteiger partial charge on any atom is -0.321 e. The van der Waals surface area contributed by atoms with Gasteiger partial charge in [0.15, 0.2) is 0 Å². The number of halogens is 1. The molecule has 1 aliphatic rings. The Labute approximate surface area is 125 Å². The van der Waals surface area contributed by atoms with Gasteiger partial charge < -0.3 is 4.90 Å². The average molecular weight is 307 g/mol. The third-order valence-electron chi connectivity index (χ3n) is 3.25. The Morgan fingerprint density at radius 3 is 2.65 bits per heavy atom. The van der Waals surface area contributed by atoms with Crippen LogP contribution in [0.25, 0.3) is 0 Å². The van der Waals surface area contributed by atoms with Crippen LogP contribution in [0.4, 0.5) is 4.39 Å². The van der Waals surface area contributed by atoms with E-state index in [1.165, 1.54) is 21.9 Å². The summed E-state index contributed by atoms with van der Waals surface area (Å²) in [6.07, 6.45) is 0. The lowest BCUT2D eigenvalue weighted by atomic mass is 10.2. The first-order chi connectivity index (χ1) is 9.65. The molecule has 0 saturated carbocycles. The number of rotatable bonds is 2. The fraction of sp³-hybridized carbons (Fsp3) is 0.267. The number of amides is 1. The van der Waals surface area contributed by atoms with Crippen LogP contribution in [0.1, 0.15) is 25.5 Å². The third-order valence-corrected chi connectivity index (χ3v) is 5.69. The Morgan fingerprint density at radius 1 is 1.25 bits per heavy atom. The monoisotopic (exact) mass is 307 g/mol. The van der Waals surface area contributed by atoms with Gasteiger partial charge in [-0.25, -0.2) is 4.39 Å². The lowest BCUT2D eigenvalue weighted by molar-refractivity contribution is 0.0762. The van der Waals surface area contributed by atoms with E-state index in [2.05, 4.69) is 19.1 Å². The smallest absolute Gasteiger partial charge is 0.255 e. The Morgan fingerprint density at radius 2 is 2.00 bits per heavy atom. The number of nitrogens with zero attached hydrogens (tertiary/aromatic N) is 1. The van der Waals surface area contributed by atoms with Crippen LogP contribution in [0.2, 0.25) is 0 Å². The molecular weight excluding hydrogens is 293 g/mol. The molecule has 1 atom stereocenters. The zero-order chi connectivity index (χ0) is 14.1. The maximum Gasteiger partial charge on any atom is 0.255 e. The molecule has 0 N–H and O–H groups in total. The second-order valence-corrected chi connectivity index (χ2v) is 7.18. The number of carbonyl (C=O) groups is 1. The maximum absolute atomic E-state index is 12.9. The molecule has 0 radical (unpaired) electrons. The molecule has 1 aromatic carbocycles. The zero-order valence-electron chi connectivity index (χ0n) is 11.0. The van der Waals surface area contributed by atoms with Crippen LogP contribution < -0.4 is 0 Å². The molecule has 2 aromatic rings. The topological polar surface area (TPSA) is 20.3 Å². The number of hydrogen-bond donors (Lipinski definition) is 0. The van der Waals surface area contributed by atoms with Gasteiger partial charge in [-0.3, -0.25) is 4.79 Å². The molecule has 0 spiro atoms. The van der Waals surface area contributed by atoms with Crippen molar-refractivity contribution < 1.29 is 9.18 Å². The summed E-state index contributed by atoms with van der Waals surface area (Å²) in [5.74, 6) is 0.600. The minimum atomic E-state index is -0.317. The SMILES string of the molecule is Cc1ccc([C@H]2SCCN2C(=O)c2ccc(F)cc2)s1. The van der Waals surface area contributed by atoms with Crippen molar-refractivity contribution in [1.82, 2.24) is 4.90 Å². The summed E-state index contributed by atoms with van der Waals surface area (Å²) < 4.78 is 12.9. The van der Waals surface area contributed by atoms with E-state index in [0.717, 1.165) is 12.3 Å². The molecule has 104 valence electrons. The highest BCUT2D eigenvalue weighted by Gasteiger charge is 2.32. The molecule has 1 aromatic heterocycles. The second-order valence-electron chi connectivity index (χ2n) is 4.68. The predicted octanol–water partition coefficient (Wildman–Crippen LogP) is 4.08. The van der Waals surface area contributed by atoms with E-state index in [9.17, 15) is 9.18 Å². The minimum absolute atomic E-state index is 0.0222. The summed E-state index contributed by atoms with van der Waals surface area (Å²) in [5.41, 5.74) is 0.548. The normalized spacial score (nSPS) is 18.5. The molecule has 3 rings (SSSR count). The van der Waals surface area contributed by atoms with Crippen LogP contribution in [0.5, 0.6) is 0 Å². The molecule has 20 heavy (non-hydrogen) atoms. The van der Waals surface area contributed by atoms with Crippen molar-refractivity contribution in [2.75, 3.05) is 12.3 Å². The lowest BCUT2D eigenvalue weighted by Crippen LogP contribution is -2.30. The van der Waals surface area contributed by atoms with Crippen molar-refractivity contribution >= 4 is 29.0 Å². The van der Waals surface area contributed by atoms with Gasteiger partial charge in [-0.1, -0.05) is 0 Å². The summed E-state index contributed by atoms with van der Waals surface area (Å²) in [5, 5.41) is 0.0891. The Kier molecular flexibility index (Phi) is 3.81. The van der Waals surface area contributed by atoms with Gasteiger partial charge in [-0.2, -0.15) is 0 Å². The number of carbonyl (C=O) groups excluding carboxylic acids is 1. The van der Waals surface area contributed by atoms with Crippen molar-refractivity contribution in [3.8, 4) is 0 Å². The average Bonchev–Trinajstić information content (AvgIpc) is 3.07. The van der Waals surface area contributed by atoms with Crippen LogP contribution in [0.15, 0.2) is 36.4 Å². The van der Waals surface area contributed by atoms with E-state index in [4.69, 9.17) is 0 Å². The molecule has 2 nitrogen and oxygen atoms in total. The largest absolute Gasteiger partial charge is 0.321 e. The van der Waals surface area contributed by atoms with Crippen molar-refractivity contribution in [3.05, 3.63) is 57.5 Å². The third kappa shape index (κ3) is 2.60. The van der Waals surface area contributed by atoms with Crippen molar-refractivity contribution in [1.29, 1.82) is 0 Å². The van der Waals surface area contributed by atoms with E-state index in [1.807, 2.05) is 4.90 Å². The molecule has 1 saturated heterocycles. The van der Waals surface area contributed by atoms with Crippen LogP contribution in [0, 0.1) is 12.7 Å². The van der Waals surface area contributed by atoms with Crippen molar-refractivity contribution in [2.24, 2.45) is 0 Å².